The lowest BCUT2D eigenvalue weighted by Gasteiger charge is -2.09. The fraction of sp³-hybridized carbons (Fsp3) is 0.136. The lowest BCUT2D eigenvalue weighted by molar-refractivity contribution is -0.116. The second-order valence-electron chi connectivity index (χ2n) is 6.63. The molecule has 8 heteroatoms. The fourth-order valence-electron chi connectivity index (χ4n) is 2.75. The molecular formula is C22H20ClFN2O3S. The molecule has 0 saturated heterocycles. The maximum Gasteiger partial charge on any atom is 0.240 e. The summed E-state index contributed by atoms with van der Waals surface area (Å²) in [5.41, 5.74) is 2.10. The zero-order chi connectivity index (χ0) is 21.6. The smallest absolute Gasteiger partial charge is 0.240 e. The van der Waals surface area contributed by atoms with Crippen molar-refractivity contribution in [2.45, 2.75) is 24.3 Å². The van der Waals surface area contributed by atoms with Gasteiger partial charge in [0, 0.05) is 18.7 Å². The number of carbonyl (C=O) groups is 1. The van der Waals surface area contributed by atoms with Gasteiger partial charge < -0.3 is 5.32 Å². The number of hydrogen-bond acceptors (Lipinski definition) is 3. The van der Waals surface area contributed by atoms with Crippen LogP contribution in [0.1, 0.15) is 17.5 Å². The molecule has 156 valence electrons. The second kappa shape index (κ2) is 9.84. The minimum atomic E-state index is -3.63. The van der Waals surface area contributed by atoms with Crippen molar-refractivity contribution < 1.29 is 17.6 Å². The number of carbonyl (C=O) groups excluding carboxylic acids is 1. The van der Waals surface area contributed by atoms with Crippen LogP contribution in [0.25, 0.3) is 0 Å². The third-order valence-corrected chi connectivity index (χ3v) is 6.09. The van der Waals surface area contributed by atoms with Crippen LogP contribution in [0.4, 0.5) is 10.1 Å². The van der Waals surface area contributed by atoms with Gasteiger partial charge in [-0.15, -0.1) is 0 Å². The van der Waals surface area contributed by atoms with Gasteiger partial charge in [0.25, 0.3) is 0 Å². The van der Waals surface area contributed by atoms with E-state index in [1.165, 1.54) is 30.3 Å². The van der Waals surface area contributed by atoms with E-state index in [1.807, 2.05) is 30.3 Å². The maximum absolute atomic E-state index is 13.2. The molecule has 0 radical (unpaired) electrons. The molecule has 1 amide bonds. The highest BCUT2D eigenvalue weighted by atomic mass is 35.5. The Balaban J connectivity index is 1.53. The van der Waals surface area contributed by atoms with Gasteiger partial charge in [0.05, 0.1) is 9.92 Å². The predicted octanol–water partition coefficient (Wildman–Crippen LogP) is 4.53. The van der Waals surface area contributed by atoms with Gasteiger partial charge in [0.15, 0.2) is 0 Å². The molecule has 0 heterocycles. The predicted molar refractivity (Wildman–Crippen MR) is 115 cm³/mol. The number of anilines is 1. The monoisotopic (exact) mass is 446 g/mol. The summed E-state index contributed by atoms with van der Waals surface area (Å²) in [7, 11) is -3.63. The molecule has 0 bridgehead atoms. The number of nitrogens with one attached hydrogen (secondary N) is 2. The second-order valence-corrected chi connectivity index (χ2v) is 8.81. The first kappa shape index (κ1) is 22.0. The summed E-state index contributed by atoms with van der Waals surface area (Å²) in [5.74, 6) is -0.804. The molecule has 0 unspecified atom stereocenters. The molecule has 30 heavy (non-hydrogen) atoms. The van der Waals surface area contributed by atoms with Crippen LogP contribution in [0.15, 0.2) is 77.7 Å². The van der Waals surface area contributed by atoms with E-state index in [-0.39, 0.29) is 28.8 Å². The molecule has 2 N–H and O–H groups in total. The third kappa shape index (κ3) is 6.13. The van der Waals surface area contributed by atoms with E-state index in [1.54, 1.807) is 12.1 Å². The summed E-state index contributed by atoms with van der Waals surface area (Å²) < 4.78 is 40.6. The average Bonchev–Trinajstić information content (AvgIpc) is 2.74. The van der Waals surface area contributed by atoms with Crippen molar-refractivity contribution in [2.24, 2.45) is 0 Å². The van der Waals surface area contributed by atoms with Crippen LogP contribution in [0.5, 0.6) is 0 Å². The van der Waals surface area contributed by atoms with Gasteiger partial charge in [-0.2, -0.15) is 0 Å². The van der Waals surface area contributed by atoms with Crippen LogP contribution in [-0.4, -0.2) is 14.3 Å². The highest BCUT2D eigenvalue weighted by molar-refractivity contribution is 7.89. The molecule has 0 aliphatic carbocycles. The van der Waals surface area contributed by atoms with Crippen molar-refractivity contribution in [2.75, 3.05) is 5.32 Å². The Bertz CT molecular complexity index is 1120. The Labute approximate surface area is 179 Å². The largest absolute Gasteiger partial charge is 0.326 e. The molecular weight excluding hydrogens is 427 g/mol. The van der Waals surface area contributed by atoms with Crippen molar-refractivity contribution in [1.82, 2.24) is 4.72 Å². The minimum absolute atomic E-state index is 0.0644. The van der Waals surface area contributed by atoms with E-state index >= 15 is 0 Å². The number of hydrogen-bond donors (Lipinski definition) is 2. The number of rotatable bonds is 8. The molecule has 0 aliphatic rings. The molecule has 3 rings (SSSR count). The topological polar surface area (TPSA) is 75.3 Å². The lowest BCUT2D eigenvalue weighted by Crippen LogP contribution is -2.23. The third-order valence-electron chi connectivity index (χ3n) is 4.39. The SMILES string of the molecule is O=C(CCc1ccc(S(=O)(=O)NCc2ccccc2)cc1)Nc1ccc(F)c(Cl)c1. The van der Waals surface area contributed by atoms with E-state index in [0.717, 1.165) is 11.1 Å². The molecule has 0 fully saturated rings. The summed E-state index contributed by atoms with van der Waals surface area (Å²) in [6.45, 7) is 0.207. The molecule has 0 atom stereocenters. The van der Waals surface area contributed by atoms with E-state index in [0.29, 0.717) is 12.1 Å². The first-order valence-corrected chi connectivity index (χ1v) is 11.1. The minimum Gasteiger partial charge on any atom is -0.326 e. The normalized spacial score (nSPS) is 11.3. The number of benzene rings is 3. The van der Waals surface area contributed by atoms with Crippen LogP contribution in [0.2, 0.25) is 5.02 Å². The Hall–Kier alpha value is -2.74. The first-order valence-electron chi connectivity index (χ1n) is 9.21. The van der Waals surface area contributed by atoms with Gasteiger partial charge >= 0.3 is 0 Å². The number of sulfonamides is 1. The summed E-state index contributed by atoms with van der Waals surface area (Å²) >= 11 is 5.70. The maximum atomic E-state index is 13.2. The first-order chi connectivity index (χ1) is 14.3. The lowest BCUT2D eigenvalue weighted by atomic mass is 10.1. The highest BCUT2D eigenvalue weighted by Gasteiger charge is 2.14. The van der Waals surface area contributed by atoms with Gasteiger partial charge in [0.2, 0.25) is 15.9 Å². The van der Waals surface area contributed by atoms with Crippen molar-refractivity contribution in [3.8, 4) is 0 Å². The van der Waals surface area contributed by atoms with Crippen LogP contribution in [0, 0.1) is 5.82 Å². The van der Waals surface area contributed by atoms with E-state index in [4.69, 9.17) is 11.6 Å². The number of halogens is 2. The summed E-state index contributed by atoms with van der Waals surface area (Å²) in [5, 5.41) is 2.59. The van der Waals surface area contributed by atoms with Gasteiger partial charge in [-0.3, -0.25) is 4.79 Å². The highest BCUT2D eigenvalue weighted by Crippen LogP contribution is 2.20. The van der Waals surface area contributed by atoms with Crippen molar-refractivity contribution in [3.05, 3.63) is 94.8 Å². The molecule has 0 spiro atoms. The number of amides is 1. The summed E-state index contributed by atoms with van der Waals surface area (Å²) in [4.78, 5) is 12.2. The van der Waals surface area contributed by atoms with E-state index in [9.17, 15) is 17.6 Å². The zero-order valence-corrected chi connectivity index (χ0v) is 17.5. The quantitative estimate of drug-likeness (QED) is 0.533. The Morgan fingerprint density at radius 3 is 2.30 bits per heavy atom. The molecule has 5 nitrogen and oxygen atoms in total. The molecule has 0 saturated carbocycles. The Kier molecular flexibility index (Phi) is 7.20. The summed E-state index contributed by atoms with van der Waals surface area (Å²) in [6, 6.07) is 19.6. The van der Waals surface area contributed by atoms with Gasteiger partial charge in [-0.05, 0) is 47.9 Å². The van der Waals surface area contributed by atoms with E-state index < -0.39 is 15.8 Å². The van der Waals surface area contributed by atoms with Gasteiger partial charge in [-0.25, -0.2) is 17.5 Å². The van der Waals surface area contributed by atoms with Crippen LogP contribution >= 0.6 is 11.6 Å². The van der Waals surface area contributed by atoms with Crippen LogP contribution in [-0.2, 0) is 27.8 Å². The zero-order valence-electron chi connectivity index (χ0n) is 15.9. The number of aryl methyl sites for hydroxylation is 1. The van der Waals surface area contributed by atoms with Crippen LogP contribution < -0.4 is 10.0 Å². The average molecular weight is 447 g/mol. The summed E-state index contributed by atoms with van der Waals surface area (Å²) in [6.07, 6.45) is 0.617. The van der Waals surface area contributed by atoms with Crippen molar-refractivity contribution >= 4 is 33.2 Å². The van der Waals surface area contributed by atoms with Crippen molar-refractivity contribution in [1.29, 1.82) is 0 Å². The fourth-order valence-corrected chi connectivity index (χ4v) is 3.95. The molecule has 0 aromatic heterocycles. The van der Waals surface area contributed by atoms with Crippen LogP contribution in [0.3, 0.4) is 0 Å². The van der Waals surface area contributed by atoms with Crippen molar-refractivity contribution in [3.63, 3.8) is 0 Å². The van der Waals surface area contributed by atoms with Gasteiger partial charge in [0.1, 0.15) is 5.82 Å². The molecule has 0 aliphatic heterocycles. The molecule has 3 aromatic rings. The van der Waals surface area contributed by atoms with E-state index in [2.05, 4.69) is 10.0 Å². The standard InChI is InChI=1S/C22H20ClFN2O3S/c23-20-14-18(9-12-21(20)24)26-22(27)13-8-16-6-10-19(11-7-16)30(28,29)25-15-17-4-2-1-3-5-17/h1-7,9-12,14,25H,8,13,15H2,(H,26,27). The molecule has 3 aromatic carbocycles. The Morgan fingerprint density at radius 1 is 0.933 bits per heavy atom. The Morgan fingerprint density at radius 2 is 1.63 bits per heavy atom. The van der Waals surface area contributed by atoms with Gasteiger partial charge in [-0.1, -0.05) is 54.1 Å².